The maximum Gasteiger partial charge on any atom is 0.317 e. The van der Waals surface area contributed by atoms with Crippen molar-refractivity contribution in [1.29, 1.82) is 0 Å². The summed E-state index contributed by atoms with van der Waals surface area (Å²) < 4.78 is 0. The van der Waals surface area contributed by atoms with E-state index in [1.54, 1.807) is 11.9 Å². The number of carbonyl (C=O) groups excluding carboxylic acids is 2. The molecule has 0 spiro atoms. The minimum atomic E-state index is -0.0705. The Morgan fingerprint density at radius 3 is 3.00 bits per heavy atom. The SMILES string of the molecule is CNC(=O)CCN1CCNC1=O. The Kier molecular flexibility index (Phi) is 2.90. The van der Waals surface area contributed by atoms with Crippen LogP contribution in [-0.2, 0) is 4.79 Å². The molecule has 1 saturated heterocycles. The molecule has 12 heavy (non-hydrogen) atoms. The zero-order chi connectivity index (χ0) is 8.97. The van der Waals surface area contributed by atoms with Crippen LogP contribution in [0, 0.1) is 0 Å². The van der Waals surface area contributed by atoms with Gasteiger partial charge in [0, 0.05) is 33.1 Å². The number of carbonyl (C=O) groups is 2. The lowest BCUT2D eigenvalue weighted by Crippen LogP contribution is -2.32. The third kappa shape index (κ3) is 2.11. The topological polar surface area (TPSA) is 61.4 Å². The van der Waals surface area contributed by atoms with Gasteiger partial charge in [-0.05, 0) is 0 Å². The Balaban J connectivity index is 2.22. The Labute approximate surface area is 71.1 Å². The van der Waals surface area contributed by atoms with Crippen LogP contribution in [0.25, 0.3) is 0 Å². The van der Waals surface area contributed by atoms with Crippen molar-refractivity contribution < 1.29 is 9.59 Å². The summed E-state index contributed by atoms with van der Waals surface area (Å²) >= 11 is 0. The second-order valence-electron chi connectivity index (χ2n) is 2.64. The number of urea groups is 1. The van der Waals surface area contributed by atoms with Gasteiger partial charge in [0.2, 0.25) is 5.91 Å². The van der Waals surface area contributed by atoms with Gasteiger partial charge in [-0.2, -0.15) is 0 Å². The third-order valence-corrected chi connectivity index (χ3v) is 1.83. The molecule has 0 radical (unpaired) electrons. The van der Waals surface area contributed by atoms with Gasteiger partial charge >= 0.3 is 6.03 Å². The van der Waals surface area contributed by atoms with Crippen molar-refractivity contribution in [3.63, 3.8) is 0 Å². The number of hydrogen-bond donors (Lipinski definition) is 2. The van der Waals surface area contributed by atoms with Crippen LogP contribution in [-0.4, -0.2) is 43.5 Å². The summed E-state index contributed by atoms with van der Waals surface area (Å²) in [5, 5.41) is 5.17. The van der Waals surface area contributed by atoms with Crippen molar-refractivity contribution in [3.8, 4) is 0 Å². The summed E-state index contributed by atoms with van der Waals surface area (Å²) in [7, 11) is 1.59. The molecule has 1 aliphatic heterocycles. The highest BCUT2D eigenvalue weighted by Gasteiger charge is 2.19. The fourth-order valence-corrected chi connectivity index (χ4v) is 1.09. The molecule has 0 bridgehead atoms. The predicted molar refractivity (Wildman–Crippen MR) is 43.7 cm³/mol. The van der Waals surface area contributed by atoms with Gasteiger partial charge in [-0.3, -0.25) is 4.79 Å². The lowest BCUT2D eigenvalue weighted by atomic mass is 10.4. The Morgan fingerprint density at radius 1 is 1.75 bits per heavy atom. The molecule has 5 heteroatoms. The maximum absolute atomic E-state index is 11.0. The van der Waals surface area contributed by atoms with E-state index >= 15 is 0 Å². The Morgan fingerprint density at radius 2 is 2.50 bits per heavy atom. The first kappa shape index (κ1) is 8.83. The molecule has 1 heterocycles. The largest absolute Gasteiger partial charge is 0.359 e. The molecule has 2 N–H and O–H groups in total. The number of amides is 3. The highest BCUT2D eigenvalue weighted by atomic mass is 16.2. The summed E-state index contributed by atoms with van der Waals surface area (Å²) in [5.41, 5.74) is 0. The number of nitrogens with one attached hydrogen (secondary N) is 2. The smallest absolute Gasteiger partial charge is 0.317 e. The zero-order valence-electron chi connectivity index (χ0n) is 7.09. The van der Waals surface area contributed by atoms with Crippen LogP contribution < -0.4 is 10.6 Å². The van der Waals surface area contributed by atoms with E-state index in [1.165, 1.54) is 0 Å². The van der Waals surface area contributed by atoms with Crippen LogP contribution in [0.1, 0.15) is 6.42 Å². The quantitative estimate of drug-likeness (QED) is 0.581. The highest BCUT2D eigenvalue weighted by Crippen LogP contribution is 1.97. The Bertz CT molecular complexity index is 193. The summed E-state index contributed by atoms with van der Waals surface area (Å²) in [4.78, 5) is 23.4. The molecule has 68 valence electrons. The van der Waals surface area contributed by atoms with E-state index in [4.69, 9.17) is 0 Å². The molecule has 0 aromatic carbocycles. The zero-order valence-corrected chi connectivity index (χ0v) is 7.09. The van der Waals surface area contributed by atoms with Crippen LogP contribution >= 0.6 is 0 Å². The molecule has 0 aromatic rings. The molecule has 0 saturated carbocycles. The molecular formula is C7H13N3O2. The van der Waals surface area contributed by atoms with Crippen molar-refractivity contribution >= 4 is 11.9 Å². The second-order valence-corrected chi connectivity index (χ2v) is 2.64. The van der Waals surface area contributed by atoms with E-state index in [0.717, 1.165) is 0 Å². The van der Waals surface area contributed by atoms with Crippen LogP contribution in [0.5, 0.6) is 0 Å². The summed E-state index contributed by atoms with van der Waals surface area (Å²) in [6, 6.07) is -0.0705. The van der Waals surface area contributed by atoms with Gasteiger partial charge < -0.3 is 15.5 Å². The predicted octanol–water partition coefficient (Wildman–Crippen LogP) is -0.852. The molecule has 5 nitrogen and oxygen atoms in total. The lowest BCUT2D eigenvalue weighted by Gasteiger charge is -2.12. The van der Waals surface area contributed by atoms with Crippen molar-refractivity contribution in [2.24, 2.45) is 0 Å². The van der Waals surface area contributed by atoms with Crippen molar-refractivity contribution in [2.45, 2.75) is 6.42 Å². The van der Waals surface area contributed by atoms with Crippen LogP contribution in [0.4, 0.5) is 4.79 Å². The van der Waals surface area contributed by atoms with Gasteiger partial charge in [-0.1, -0.05) is 0 Å². The van der Waals surface area contributed by atoms with Crippen molar-refractivity contribution in [3.05, 3.63) is 0 Å². The average Bonchev–Trinajstić information content (AvgIpc) is 2.47. The normalized spacial score (nSPS) is 16.1. The average molecular weight is 171 g/mol. The molecule has 0 aromatic heterocycles. The first-order valence-electron chi connectivity index (χ1n) is 3.97. The monoisotopic (exact) mass is 171 g/mol. The lowest BCUT2D eigenvalue weighted by molar-refractivity contribution is -0.120. The summed E-state index contributed by atoms with van der Waals surface area (Å²) in [5.74, 6) is -0.0327. The van der Waals surface area contributed by atoms with Crippen LogP contribution in [0.15, 0.2) is 0 Å². The minimum Gasteiger partial charge on any atom is -0.359 e. The highest BCUT2D eigenvalue weighted by molar-refractivity contribution is 5.78. The minimum absolute atomic E-state index is 0.0327. The fraction of sp³-hybridized carbons (Fsp3) is 0.714. The molecule has 3 amide bonds. The van der Waals surface area contributed by atoms with Gasteiger partial charge in [0.1, 0.15) is 0 Å². The van der Waals surface area contributed by atoms with Crippen LogP contribution in [0.3, 0.4) is 0 Å². The molecule has 1 aliphatic rings. The van der Waals surface area contributed by atoms with Gasteiger partial charge in [0.05, 0.1) is 0 Å². The van der Waals surface area contributed by atoms with Crippen molar-refractivity contribution in [1.82, 2.24) is 15.5 Å². The van der Waals surface area contributed by atoms with Crippen LogP contribution in [0.2, 0.25) is 0 Å². The van der Waals surface area contributed by atoms with Gasteiger partial charge in [-0.25, -0.2) is 4.79 Å². The third-order valence-electron chi connectivity index (χ3n) is 1.83. The Hall–Kier alpha value is -1.26. The van der Waals surface area contributed by atoms with E-state index in [9.17, 15) is 9.59 Å². The standard InChI is InChI=1S/C7H13N3O2/c1-8-6(11)2-4-10-5-3-9-7(10)12/h2-5H2,1H3,(H,8,11)(H,9,12). The molecule has 0 atom stereocenters. The van der Waals surface area contributed by atoms with Gasteiger partial charge in [0.15, 0.2) is 0 Å². The molecule has 0 aliphatic carbocycles. The molecular weight excluding hydrogens is 158 g/mol. The van der Waals surface area contributed by atoms with E-state index in [2.05, 4.69) is 10.6 Å². The van der Waals surface area contributed by atoms with E-state index in [-0.39, 0.29) is 11.9 Å². The number of hydrogen-bond acceptors (Lipinski definition) is 2. The first-order valence-corrected chi connectivity index (χ1v) is 3.97. The fourth-order valence-electron chi connectivity index (χ4n) is 1.09. The van der Waals surface area contributed by atoms with Gasteiger partial charge in [0.25, 0.3) is 0 Å². The van der Waals surface area contributed by atoms with Crippen molar-refractivity contribution in [2.75, 3.05) is 26.7 Å². The maximum atomic E-state index is 11.0. The summed E-state index contributed by atoms with van der Waals surface area (Å²) in [6.07, 6.45) is 0.379. The van der Waals surface area contributed by atoms with E-state index < -0.39 is 0 Å². The first-order chi connectivity index (χ1) is 5.74. The molecule has 1 fully saturated rings. The molecule has 0 unspecified atom stereocenters. The van der Waals surface area contributed by atoms with E-state index in [0.29, 0.717) is 26.1 Å². The van der Waals surface area contributed by atoms with E-state index in [1.807, 2.05) is 0 Å². The van der Waals surface area contributed by atoms with Gasteiger partial charge in [-0.15, -0.1) is 0 Å². The number of nitrogens with zero attached hydrogens (tertiary/aromatic N) is 1. The number of rotatable bonds is 3. The molecule has 1 rings (SSSR count). The summed E-state index contributed by atoms with van der Waals surface area (Å²) in [6.45, 7) is 1.90. The second kappa shape index (κ2) is 3.94.